The molecule has 0 aliphatic rings. The summed E-state index contributed by atoms with van der Waals surface area (Å²) >= 11 is 1.27. The summed E-state index contributed by atoms with van der Waals surface area (Å²) in [4.78, 5) is 19.1. The number of ether oxygens (including phenoxy) is 1. The van der Waals surface area contributed by atoms with Crippen molar-refractivity contribution in [1.29, 1.82) is 5.26 Å². The number of nitriles is 1. The molecule has 0 radical (unpaired) electrons. The summed E-state index contributed by atoms with van der Waals surface area (Å²) in [5.41, 5.74) is 1.59. The number of rotatable bonds is 4. The van der Waals surface area contributed by atoms with Crippen molar-refractivity contribution >= 4 is 11.8 Å². The normalized spacial score (nSPS) is 10.4. The molecule has 1 N–H and O–H groups in total. The fraction of sp³-hybridized carbons (Fsp3) is 0.105. The summed E-state index contributed by atoms with van der Waals surface area (Å²) in [7, 11) is 1.51. The number of halogens is 1. The lowest BCUT2D eigenvalue weighted by Gasteiger charge is -2.11. The van der Waals surface area contributed by atoms with Crippen molar-refractivity contribution < 1.29 is 9.13 Å². The van der Waals surface area contributed by atoms with Crippen LogP contribution < -0.4 is 10.3 Å². The molecular formula is C19H14FN3O2S. The molecule has 0 amide bonds. The Labute approximate surface area is 153 Å². The molecule has 26 heavy (non-hydrogen) atoms. The van der Waals surface area contributed by atoms with E-state index < -0.39 is 5.56 Å². The maximum absolute atomic E-state index is 13.7. The molecule has 1 aromatic heterocycles. The summed E-state index contributed by atoms with van der Waals surface area (Å²) < 4.78 is 19.0. The molecule has 0 unspecified atom stereocenters. The molecule has 0 fully saturated rings. The van der Waals surface area contributed by atoms with Gasteiger partial charge < -0.3 is 9.72 Å². The van der Waals surface area contributed by atoms with Crippen LogP contribution in [0.2, 0.25) is 0 Å². The van der Waals surface area contributed by atoms with Crippen molar-refractivity contribution in [2.45, 2.75) is 5.16 Å². The van der Waals surface area contributed by atoms with E-state index in [0.717, 1.165) is 0 Å². The predicted molar refractivity (Wildman–Crippen MR) is 98.7 cm³/mol. The van der Waals surface area contributed by atoms with E-state index >= 15 is 0 Å². The standard InChI is InChI=1S/C19H14FN3O2S/c1-25-16-7-6-13(20)9-14(16)11-4-3-5-12(8-11)17-15(10-21)18(24)23-19(22-17)26-2/h3-9H,1-2H3,(H,22,23,24). The molecule has 2 aromatic carbocycles. The molecule has 5 nitrogen and oxygen atoms in total. The smallest absolute Gasteiger partial charge is 0.270 e. The second kappa shape index (κ2) is 7.42. The number of thioether (sulfide) groups is 1. The van der Waals surface area contributed by atoms with Gasteiger partial charge in [0.05, 0.1) is 12.8 Å². The Morgan fingerprint density at radius 2 is 2.00 bits per heavy atom. The third-order valence-electron chi connectivity index (χ3n) is 3.81. The zero-order valence-corrected chi connectivity index (χ0v) is 14.9. The van der Waals surface area contributed by atoms with Crippen molar-refractivity contribution in [1.82, 2.24) is 9.97 Å². The van der Waals surface area contributed by atoms with E-state index in [2.05, 4.69) is 9.97 Å². The number of aromatic amines is 1. The Hall–Kier alpha value is -3.11. The Kier molecular flexibility index (Phi) is 5.05. The van der Waals surface area contributed by atoms with Gasteiger partial charge in [0, 0.05) is 11.1 Å². The van der Waals surface area contributed by atoms with Crippen molar-refractivity contribution in [2.24, 2.45) is 0 Å². The summed E-state index contributed by atoms with van der Waals surface area (Å²) in [6, 6.07) is 13.2. The first kappa shape index (κ1) is 17.7. The second-order valence-corrected chi connectivity index (χ2v) is 6.13. The predicted octanol–water partition coefficient (Wildman–Crippen LogP) is 3.85. The van der Waals surface area contributed by atoms with Gasteiger partial charge in [-0.2, -0.15) is 5.26 Å². The minimum absolute atomic E-state index is 0.0637. The number of hydrogen-bond acceptors (Lipinski definition) is 5. The molecule has 130 valence electrons. The van der Waals surface area contributed by atoms with E-state index in [9.17, 15) is 14.4 Å². The first-order valence-corrected chi connectivity index (χ1v) is 8.82. The van der Waals surface area contributed by atoms with Crippen LogP contribution in [0.5, 0.6) is 5.75 Å². The van der Waals surface area contributed by atoms with Gasteiger partial charge in [0.1, 0.15) is 23.2 Å². The van der Waals surface area contributed by atoms with Crippen LogP contribution in [0.15, 0.2) is 52.4 Å². The van der Waals surface area contributed by atoms with Gasteiger partial charge in [0.15, 0.2) is 5.16 Å². The SMILES string of the molecule is COc1ccc(F)cc1-c1cccc(-c2nc(SC)[nH]c(=O)c2C#N)c1. The lowest BCUT2D eigenvalue weighted by molar-refractivity contribution is 0.415. The zero-order chi connectivity index (χ0) is 18.7. The van der Waals surface area contributed by atoms with Crippen LogP contribution in [0.25, 0.3) is 22.4 Å². The number of nitrogens with zero attached hydrogens (tertiary/aromatic N) is 2. The molecule has 0 saturated heterocycles. The Morgan fingerprint density at radius 1 is 1.23 bits per heavy atom. The van der Waals surface area contributed by atoms with Gasteiger partial charge in [-0.15, -0.1) is 0 Å². The highest BCUT2D eigenvalue weighted by atomic mass is 32.2. The fourth-order valence-electron chi connectivity index (χ4n) is 2.60. The number of aromatic nitrogens is 2. The lowest BCUT2D eigenvalue weighted by Crippen LogP contribution is -2.14. The van der Waals surface area contributed by atoms with Crippen LogP contribution in [0.1, 0.15) is 5.56 Å². The maximum Gasteiger partial charge on any atom is 0.270 e. The van der Waals surface area contributed by atoms with Crippen molar-refractivity contribution in [3.63, 3.8) is 0 Å². The second-order valence-electron chi connectivity index (χ2n) is 5.34. The van der Waals surface area contributed by atoms with Crippen LogP contribution in [0, 0.1) is 17.1 Å². The number of methoxy groups -OCH3 is 1. The monoisotopic (exact) mass is 367 g/mol. The highest BCUT2D eigenvalue weighted by Crippen LogP contribution is 2.33. The minimum atomic E-state index is -0.490. The first-order valence-electron chi connectivity index (χ1n) is 7.60. The summed E-state index contributed by atoms with van der Waals surface area (Å²) in [6.45, 7) is 0. The number of hydrogen-bond donors (Lipinski definition) is 1. The van der Waals surface area contributed by atoms with Crippen LogP contribution in [-0.2, 0) is 0 Å². The van der Waals surface area contributed by atoms with Crippen LogP contribution in [-0.4, -0.2) is 23.3 Å². The van der Waals surface area contributed by atoms with E-state index in [-0.39, 0.29) is 17.1 Å². The molecule has 0 aliphatic heterocycles. The quantitative estimate of drug-likeness (QED) is 0.560. The molecule has 0 spiro atoms. The molecule has 0 saturated carbocycles. The van der Waals surface area contributed by atoms with Gasteiger partial charge in [-0.25, -0.2) is 9.37 Å². The van der Waals surface area contributed by atoms with Crippen molar-refractivity contribution in [3.8, 4) is 34.2 Å². The van der Waals surface area contributed by atoms with Gasteiger partial charge in [-0.3, -0.25) is 4.79 Å². The third-order valence-corrected chi connectivity index (χ3v) is 4.39. The van der Waals surface area contributed by atoms with Crippen molar-refractivity contribution in [3.05, 3.63) is 64.2 Å². The first-order chi connectivity index (χ1) is 12.6. The van der Waals surface area contributed by atoms with Crippen LogP contribution in [0.3, 0.4) is 0 Å². The average Bonchev–Trinajstić information content (AvgIpc) is 2.67. The highest BCUT2D eigenvalue weighted by Gasteiger charge is 2.15. The molecular weight excluding hydrogens is 353 g/mol. The topological polar surface area (TPSA) is 78.8 Å². The van der Waals surface area contributed by atoms with E-state index in [1.165, 1.54) is 31.0 Å². The van der Waals surface area contributed by atoms with Gasteiger partial charge in [-0.05, 0) is 36.1 Å². The molecule has 7 heteroatoms. The Bertz CT molecular complexity index is 1070. The van der Waals surface area contributed by atoms with E-state index in [0.29, 0.717) is 27.6 Å². The van der Waals surface area contributed by atoms with Crippen LogP contribution in [0.4, 0.5) is 4.39 Å². The molecule has 3 aromatic rings. The molecule has 0 atom stereocenters. The lowest BCUT2D eigenvalue weighted by atomic mass is 9.99. The van der Waals surface area contributed by atoms with Crippen molar-refractivity contribution in [2.75, 3.05) is 13.4 Å². The Balaban J connectivity index is 2.21. The summed E-state index contributed by atoms with van der Waals surface area (Å²) in [5.74, 6) is 0.135. The van der Waals surface area contributed by atoms with E-state index in [4.69, 9.17) is 4.74 Å². The van der Waals surface area contributed by atoms with Crippen LogP contribution >= 0.6 is 11.8 Å². The van der Waals surface area contributed by atoms with E-state index in [1.54, 1.807) is 36.6 Å². The van der Waals surface area contributed by atoms with Gasteiger partial charge in [-0.1, -0.05) is 30.0 Å². The van der Waals surface area contributed by atoms with Gasteiger partial charge in [0.2, 0.25) is 0 Å². The fourth-order valence-corrected chi connectivity index (χ4v) is 2.98. The zero-order valence-electron chi connectivity index (χ0n) is 14.0. The summed E-state index contributed by atoms with van der Waals surface area (Å²) in [6.07, 6.45) is 1.78. The maximum atomic E-state index is 13.7. The highest BCUT2D eigenvalue weighted by molar-refractivity contribution is 7.98. The molecule has 0 bridgehead atoms. The Morgan fingerprint density at radius 3 is 2.69 bits per heavy atom. The number of nitrogens with one attached hydrogen (secondary N) is 1. The largest absolute Gasteiger partial charge is 0.496 e. The third kappa shape index (κ3) is 3.32. The van der Waals surface area contributed by atoms with Gasteiger partial charge in [0.25, 0.3) is 5.56 Å². The van der Waals surface area contributed by atoms with Gasteiger partial charge >= 0.3 is 0 Å². The summed E-state index contributed by atoms with van der Waals surface area (Å²) in [5, 5.41) is 9.76. The number of H-pyrrole nitrogens is 1. The molecule has 3 rings (SSSR count). The average molecular weight is 367 g/mol. The van der Waals surface area contributed by atoms with E-state index in [1.807, 2.05) is 6.07 Å². The molecule has 1 heterocycles. The molecule has 0 aliphatic carbocycles. The minimum Gasteiger partial charge on any atom is -0.496 e. The number of benzene rings is 2.